The molecule has 0 aromatic heterocycles. The number of nitrogens with one attached hydrogen (secondary N) is 1. The molecule has 2 nitrogen and oxygen atoms in total. The predicted molar refractivity (Wildman–Crippen MR) is 76.6 cm³/mol. The Kier molecular flexibility index (Phi) is 4.00. The van der Waals surface area contributed by atoms with Gasteiger partial charge in [-0.15, -0.1) is 0 Å². The first-order valence-corrected chi connectivity index (χ1v) is 6.33. The molecule has 2 rings (SSSR count). The van der Waals surface area contributed by atoms with Gasteiger partial charge in [0.15, 0.2) is 0 Å². The summed E-state index contributed by atoms with van der Waals surface area (Å²) in [6.45, 7) is 1.99. The summed E-state index contributed by atoms with van der Waals surface area (Å²) >= 11 is 12.1. The minimum atomic E-state index is 0.0214. The van der Waals surface area contributed by atoms with Crippen molar-refractivity contribution < 1.29 is 5.11 Å². The third kappa shape index (κ3) is 2.89. The van der Waals surface area contributed by atoms with Gasteiger partial charge in [-0.05, 0) is 36.8 Å². The Morgan fingerprint density at radius 3 is 2.56 bits per heavy atom. The van der Waals surface area contributed by atoms with Gasteiger partial charge in [-0.3, -0.25) is 0 Å². The second kappa shape index (κ2) is 5.51. The van der Waals surface area contributed by atoms with Crippen molar-refractivity contribution in [2.45, 2.75) is 13.0 Å². The van der Waals surface area contributed by atoms with Gasteiger partial charge in [-0.25, -0.2) is 0 Å². The summed E-state index contributed by atoms with van der Waals surface area (Å²) in [6.07, 6.45) is 0. The summed E-state index contributed by atoms with van der Waals surface area (Å²) in [5.74, 6) is 0.248. The zero-order chi connectivity index (χ0) is 13.1. The topological polar surface area (TPSA) is 32.3 Å². The van der Waals surface area contributed by atoms with Crippen LogP contribution in [0.25, 0.3) is 0 Å². The molecule has 1 unspecified atom stereocenters. The summed E-state index contributed by atoms with van der Waals surface area (Å²) in [4.78, 5) is 0. The van der Waals surface area contributed by atoms with Crippen LogP contribution in [0.15, 0.2) is 42.5 Å². The SMILES string of the molecule is CC(Nc1cccc(Cl)c1Cl)c1cccc(O)c1. The minimum absolute atomic E-state index is 0.0214. The molecule has 94 valence electrons. The zero-order valence-electron chi connectivity index (χ0n) is 9.82. The zero-order valence-corrected chi connectivity index (χ0v) is 11.3. The fourth-order valence-corrected chi connectivity index (χ4v) is 2.08. The van der Waals surface area contributed by atoms with E-state index >= 15 is 0 Å². The maximum atomic E-state index is 9.45. The highest BCUT2D eigenvalue weighted by Gasteiger charge is 2.09. The van der Waals surface area contributed by atoms with Crippen LogP contribution >= 0.6 is 23.2 Å². The molecule has 1 atom stereocenters. The van der Waals surface area contributed by atoms with E-state index in [0.717, 1.165) is 11.3 Å². The van der Waals surface area contributed by atoms with Gasteiger partial charge in [0, 0.05) is 6.04 Å². The number of hydrogen-bond donors (Lipinski definition) is 2. The Balaban J connectivity index is 2.21. The second-order valence-electron chi connectivity index (χ2n) is 4.06. The molecule has 0 radical (unpaired) electrons. The molecule has 0 aliphatic rings. The molecule has 18 heavy (non-hydrogen) atoms. The Morgan fingerprint density at radius 2 is 1.83 bits per heavy atom. The summed E-state index contributed by atoms with van der Waals surface area (Å²) in [5, 5.41) is 13.7. The average molecular weight is 282 g/mol. The molecule has 0 bridgehead atoms. The first kappa shape index (κ1) is 13.1. The van der Waals surface area contributed by atoms with Gasteiger partial charge in [0.25, 0.3) is 0 Å². The van der Waals surface area contributed by atoms with Gasteiger partial charge in [0.1, 0.15) is 5.75 Å². The molecule has 0 fully saturated rings. The van der Waals surface area contributed by atoms with Crippen LogP contribution in [0.2, 0.25) is 10.0 Å². The van der Waals surface area contributed by atoms with Crippen molar-refractivity contribution >= 4 is 28.9 Å². The van der Waals surface area contributed by atoms with Crippen LogP contribution in [0.3, 0.4) is 0 Å². The summed E-state index contributed by atoms with van der Waals surface area (Å²) in [5.41, 5.74) is 1.76. The molecule has 0 heterocycles. The quantitative estimate of drug-likeness (QED) is 0.841. The maximum absolute atomic E-state index is 9.45. The highest BCUT2D eigenvalue weighted by atomic mass is 35.5. The average Bonchev–Trinajstić information content (AvgIpc) is 2.35. The summed E-state index contributed by atoms with van der Waals surface area (Å²) in [7, 11) is 0. The smallest absolute Gasteiger partial charge is 0.115 e. The van der Waals surface area contributed by atoms with Crippen molar-refractivity contribution in [2.24, 2.45) is 0 Å². The third-order valence-corrected chi connectivity index (χ3v) is 3.51. The van der Waals surface area contributed by atoms with E-state index in [-0.39, 0.29) is 11.8 Å². The lowest BCUT2D eigenvalue weighted by atomic mass is 10.1. The van der Waals surface area contributed by atoms with Crippen LogP contribution in [0.4, 0.5) is 5.69 Å². The lowest BCUT2D eigenvalue weighted by Crippen LogP contribution is -2.06. The number of rotatable bonds is 3. The lowest BCUT2D eigenvalue weighted by Gasteiger charge is -2.17. The number of aromatic hydroxyl groups is 1. The molecular weight excluding hydrogens is 269 g/mol. The van der Waals surface area contributed by atoms with E-state index < -0.39 is 0 Å². The number of halogens is 2. The van der Waals surface area contributed by atoms with E-state index in [9.17, 15) is 5.11 Å². The van der Waals surface area contributed by atoms with Gasteiger partial charge < -0.3 is 10.4 Å². The van der Waals surface area contributed by atoms with Crippen molar-refractivity contribution in [3.63, 3.8) is 0 Å². The van der Waals surface area contributed by atoms with Gasteiger partial charge in [-0.2, -0.15) is 0 Å². The molecule has 0 aliphatic heterocycles. The molecular formula is C14H13Cl2NO. The fraction of sp³-hybridized carbons (Fsp3) is 0.143. The molecule has 0 amide bonds. The molecule has 0 saturated carbocycles. The van der Waals surface area contributed by atoms with Crippen LogP contribution in [-0.4, -0.2) is 5.11 Å². The Bertz CT molecular complexity index is 557. The number of benzene rings is 2. The van der Waals surface area contributed by atoms with E-state index in [0.29, 0.717) is 10.0 Å². The molecule has 2 aromatic carbocycles. The fourth-order valence-electron chi connectivity index (χ4n) is 1.73. The van der Waals surface area contributed by atoms with Crippen molar-refractivity contribution in [1.29, 1.82) is 0 Å². The summed E-state index contributed by atoms with van der Waals surface area (Å²) in [6, 6.07) is 12.6. The third-order valence-electron chi connectivity index (χ3n) is 2.69. The van der Waals surface area contributed by atoms with Crippen molar-refractivity contribution in [3.8, 4) is 5.75 Å². The Hall–Kier alpha value is -1.38. The van der Waals surface area contributed by atoms with Crippen molar-refractivity contribution in [1.82, 2.24) is 0 Å². The van der Waals surface area contributed by atoms with E-state index in [4.69, 9.17) is 23.2 Å². The van der Waals surface area contributed by atoms with E-state index in [2.05, 4.69) is 5.32 Å². The van der Waals surface area contributed by atoms with Crippen LogP contribution in [0.1, 0.15) is 18.5 Å². The Morgan fingerprint density at radius 1 is 1.11 bits per heavy atom. The first-order chi connectivity index (χ1) is 8.58. The highest BCUT2D eigenvalue weighted by molar-refractivity contribution is 6.43. The van der Waals surface area contributed by atoms with Crippen LogP contribution in [0, 0.1) is 0 Å². The van der Waals surface area contributed by atoms with Crippen molar-refractivity contribution in [2.75, 3.05) is 5.32 Å². The van der Waals surface area contributed by atoms with E-state index in [1.807, 2.05) is 31.2 Å². The van der Waals surface area contributed by atoms with Gasteiger partial charge in [0.2, 0.25) is 0 Å². The van der Waals surface area contributed by atoms with Crippen molar-refractivity contribution in [3.05, 3.63) is 58.1 Å². The largest absolute Gasteiger partial charge is 0.508 e. The monoisotopic (exact) mass is 281 g/mol. The van der Waals surface area contributed by atoms with Gasteiger partial charge in [-0.1, -0.05) is 41.4 Å². The number of phenols is 1. The molecule has 0 saturated heterocycles. The number of hydrogen-bond acceptors (Lipinski definition) is 2. The first-order valence-electron chi connectivity index (χ1n) is 5.57. The Labute approximate surface area is 116 Å². The normalized spacial score (nSPS) is 12.2. The predicted octanol–water partition coefficient (Wildman–Crippen LogP) is 4.87. The standard InChI is InChI=1S/C14H13Cl2NO/c1-9(10-4-2-5-11(18)8-10)17-13-7-3-6-12(15)14(13)16/h2-9,17-18H,1H3. The molecule has 2 N–H and O–H groups in total. The second-order valence-corrected chi connectivity index (χ2v) is 4.85. The molecule has 2 aromatic rings. The van der Waals surface area contributed by atoms with Crippen LogP contribution in [-0.2, 0) is 0 Å². The van der Waals surface area contributed by atoms with E-state index in [1.54, 1.807) is 18.2 Å². The number of anilines is 1. The minimum Gasteiger partial charge on any atom is -0.508 e. The highest BCUT2D eigenvalue weighted by Crippen LogP contribution is 2.32. The van der Waals surface area contributed by atoms with E-state index in [1.165, 1.54) is 0 Å². The molecule has 0 spiro atoms. The number of phenolic OH excluding ortho intramolecular Hbond substituents is 1. The van der Waals surface area contributed by atoms with Gasteiger partial charge in [0.05, 0.1) is 15.7 Å². The van der Waals surface area contributed by atoms with Crippen LogP contribution in [0.5, 0.6) is 5.75 Å². The lowest BCUT2D eigenvalue weighted by molar-refractivity contribution is 0.474. The maximum Gasteiger partial charge on any atom is 0.115 e. The van der Waals surface area contributed by atoms with Crippen LogP contribution < -0.4 is 5.32 Å². The van der Waals surface area contributed by atoms with Gasteiger partial charge >= 0.3 is 0 Å². The molecule has 4 heteroatoms. The molecule has 0 aliphatic carbocycles. The summed E-state index contributed by atoms with van der Waals surface area (Å²) < 4.78 is 0.